The first-order chi connectivity index (χ1) is 13.7. The van der Waals surface area contributed by atoms with Crippen LogP contribution in [0.1, 0.15) is 22.6 Å². The lowest BCUT2D eigenvalue weighted by molar-refractivity contribution is 0.122. The SMILES string of the molecule is CN1Cc2cc(N3CCOCC3)ccc2C(c2ccc3cc(Cl)ccc3c2)C1. The van der Waals surface area contributed by atoms with Crippen LogP contribution in [0, 0.1) is 0 Å². The second kappa shape index (κ2) is 7.40. The monoisotopic (exact) mass is 392 g/mol. The number of halogens is 1. The second-order valence-corrected chi connectivity index (χ2v) is 8.42. The van der Waals surface area contributed by atoms with Gasteiger partial charge in [-0.05, 0) is 58.8 Å². The molecule has 1 fully saturated rings. The first kappa shape index (κ1) is 18.0. The molecule has 0 saturated carbocycles. The number of fused-ring (bicyclic) bond motifs is 2. The maximum atomic E-state index is 6.15. The van der Waals surface area contributed by atoms with Crippen molar-refractivity contribution in [1.82, 2.24) is 4.90 Å². The van der Waals surface area contributed by atoms with Gasteiger partial charge in [0.15, 0.2) is 0 Å². The molecule has 0 radical (unpaired) electrons. The smallest absolute Gasteiger partial charge is 0.0642 e. The van der Waals surface area contributed by atoms with Gasteiger partial charge in [-0.1, -0.05) is 41.9 Å². The van der Waals surface area contributed by atoms with Gasteiger partial charge in [0.05, 0.1) is 13.2 Å². The number of benzene rings is 3. The molecule has 0 spiro atoms. The summed E-state index contributed by atoms with van der Waals surface area (Å²) >= 11 is 6.15. The number of rotatable bonds is 2. The van der Waals surface area contributed by atoms with Crippen LogP contribution in [0.15, 0.2) is 54.6 Å². The molecular weight excluding hydrogens is 368 g/mol. The van der Waals surface area contributed by atoms with Crippen molar-refractivity contribution in [2.75, 3.05) is 44.8 Å². The van der Waals surface area contributed by atoms with Gasteiger partial charge in [-0.2, -0.15) is 0 Å². The highest BCUT2D eigenvalue weighted by Crippen LogP contribution is 2.36. The Morgan fingerprint density at radius 1 is 0.929 bits per heavy atom. The summed E-state index contributed by atoms with van der Waals surface area (Å²) in [5.74, 6) is 0.396. The molecule has 1 atom stereocenters. The molecule has 2 heterocycles. The van der Waals surface area contributed by atoms with Crippen molar-refractivity contribution in [1.29, 1.82) is 0 Å². The first-order valence-electron chi connectivity index (χ1n) is 10.0. The topological polar surface area (TPSA) is 15.7 Å². The highest BCUT2D eigenvalue weighted by Gasteiger charge is 2.26. The normalized spacial score (nSPS) is 20.4. The summed E-state index contributed by atoms with van der Waals surface area (Å²) in [4.78, 5) is 4.87. The standard InChI is InChI=1S/C24H25ClN2O/c1-26-15-20-14-22(27-8-10-28-11-9-27)6-7-23(20)24(16-26)19-3-2-18-13-21(25)5-4-17(18)12-19/h2-7,12-14,24H,8-11,15-16H2,1H3. The number of anilines is 1. The van der Waals surface area contributed by atoms with Crippen LogP contribution in [-0.4, -0.2) is 44.8 Å². The predicted molar refractivity (Wildman–Crippen MR) is 117 cm³/mol. The molecule has 5 rings (SSSR count). The largest absolute Gasteiger partial charge is 0.378 e. The Bertz CT molecular complexity index is 1010. The molecule has 1 unspecified atom stereocenters. The summed E-state index contributed by atoms with van der Waals surface area (Å²) in [5, 5.41) is 3.24. The fourth-order valence-corrected chi connectivity index (χ4v) is 4.77. The second-order valence-electron chi connectivity index (χ2n) is 7.98. The Labute approximate surface area is 171 Å². The van der Waals surface area contributed by atoms with E-state index in [1.54, 1.807) is 0 Å². The molecule has 2 aliphatic rings. The van der Waals surface area contributed by atoms with Crippen molar-refractivity contribution >= 4 is 28.1 Å². The molecule has 0 aromatic heterocycles. The third-order valence-corrected chi connectivity index (χ3v) is 6.28. The average Bonchev–Trinajstić information content (AvgIpc) is 2.73. The fraction of sp³-hybridized carbons (Fsp3) is 0.333. The van der Waals surface area contributed by atoms with Crippen molar-refractivity contribution in [2.24, 2.45) is 0 Å². The van der Waals surface area contributed by atoms with Crippen LogP contribution in [0.5, 0.6) is 0 Å². The molecular formula is C24H25ClN2O. The van der Waals surface area contributed by atoms with Gasteiger partial charge in [-0.15, -0.1) is 0 Å². The Kier molecular flexibility index (Phi) is 4.75. The van der Waals surface area contributed by atoms with Gasteiger partial charge in [0.1, 0.15) is 0 Å². The average molecular weight is 393 g/mol. The highest BCUT2D eigenvalue weighted by molar-refractivity contribution is 6.31. The van der Waals surface area contributed by atoms with Crippen LogP contribution < -0.4 is 4.90 Å². The zero-order chi connectivity index (χ0) is 19.1. The molecule has 4 heteroatoms. The van der Waals surface area contributed by atoms with E-state index in [1.807, 2.05) is 12.1 Å². The Morgan fingerprint density at radius 2 is 1.71 bits per heavy atom. The van der Waals surface area contributed by atoms with Crippen LogP contribution in [0.4, 0.5) is 5.69 Å². The maximum absolute atomic E-state index is 6.15. The van der Waals surface area contributed by atoms with Gasteiger partial charge >= 0.3 is 0 Å². The number of hydrogen-bond acceptors (Lipinski definition) is 3. The lowest BCUT2D eigenvalue weighted by atomic mass is 9.84. The summed E-state index contributed by atoms with van der Waals surface area (Å²) in [6, 6.07) is 20.0. The van der Waals surface area contributed by atoms with Gasteiger partial charge in [-0.3, -0.25) is 0 Å². The van der Waals surface area contributed by atoms with Crippen molar-refractivity contribution in [3.8, 4) is 0 Å². The van der Waals surface area contributed by atoms with Gasteiger partial charge < -0.3 is 14.5 Å². The van der Waals surface area contributed by atoms with E-state index in [2.05, 4.69) is 59.3 Å². The van der Waals surface area contributed by atoms with Gasteiger partial charge in [0.2, 0.25) is 0 Å². The molecule has 28 heavy (non-hydrogen) atoms. The summed E-state index contributed by atoms with van der Waals surface area (Å²) < 4.78 is 5.51. The number of hydrogen-bond donors (Lipinski definition) is 0. The lowest BCUT2D eigenvalue weighted by Crippen LogP contribution is -2.36. The minimum Gasteiger partial charge on any atom is -0.378 e. The summed E-state index contributed by atoms with van der Waals surface area (Å²) in [5.41, 5.74) is 5.60. The highest BCUT2D eigenvalue weighted by atomic mass is 35.5. The maximum Gasteiger partial charge on any atom is 0.0642 e. The molecule has 0 bridgehead atoms. The molecule has 1 saturated heterocycles. The quantitative estimate of drug-likeness (QED) is 0.616. The van der Waals surface area contributed by atoms with Crippen LogP contribution in [0.2, 0.25) is 5.02 Å². The van der Waals surface area contributed by atoms with Gasteiger partial charge in [0, 0.05) is 42.8 Å². The third kappa shape index (κ3) is 3.39. The Hall–Kier alpha value is -2.07. The Balaban J connectivity index is 1.52. The van der Waals surface area contributed by atoms with Crippen molar-refractivity contribution in [3.05, 3.63) is 76.3 Å². The summed E-state index contributed by atoms with van der Waals surface area (Å²) in [6.45, 7) is 5.65. The van der Waals surface area contributed by atoms with Crippen LogP contribution in [-0.2, 0) is 11.3 Å². The molecule has 3 aromatic rings. The fourth-order valence-electron chi connectivity index (χ4n) is 4.59. The minimum atomic E-state index is 0.396. The third-order valence-electron chi connectivity index (χ3n) is 6.04. The van der Waals surface area contributed by atoms with Crippen LogP contribution in [0.3, 0.4) is 0 Å². The zero-order valence-electron chi connectivity index (χ0n) is 16.2. The van der Waals surface area contributed by atoms with Crippen LogP contribution in [0.25, 0.3) is 10.8 Å². The van der Waals surface area contributed by atoms with E-state index in [-0.39, 0.29) is 0 Å². The van der Waals surface area contributed by atoms with E-state index in [9.17, 15) is 0 Å². The number of ether oxygens (including phenoxy) is 1. The van der Waals surface area contributed by atoms with Crippen molar-refractivity contribution in [2.45, 2.75) is 12.5 Å². The molecule has 0 N–H and O–H groups in total. The molecule has 144 valence electrons. The minimum absolute atomic E-state index is 0.396. The molecule has 3 nitrogen and oxygen atoms in total. The van der Waals surface area contributed by atoms with E-state index < -0.39 is 0 Å². The first-order valence-corrected chi connectivity index (χ1v) is 10.4. The van der Waals surface area contributed by atoms with Crippen molar-refractivity contribution in [3.63, 3.8) is 0 Å². The zero-order valence-corrected chi connectivity index (χ0v) is 17.0. The number of nitrogens with zero attached hydrogens (tertiary/aromatic N) is 2. The van der Waals surface area contributed by atoms with Gasteiger partial charge in [-0.25, -0.2) is 0 Å². The summed E-state index contributed by atoms with van der Waals surface area (Å²) in [7, 11) is 2.22. The molecule has 0 amide bonds. The van der Waals surface area contributed by atoms with Gasteiger partial charge in [0.25, 0.3) is 0 Å². The van der Waals surface area contributed by atoms with Crippen LogP contribution >= 0.6 is 11.6 Å². The Morgan fingerprint density at radius 3 is 2.57 bits per heavy atom. The van der Waals surface area contributed by atoms with E-state index in [4.69, 9.17) is 16.3 Å². The summed E-state index contributed by atoms with van der Waals surface area (Å²) in [6.07, 6.45) is 0. The number of morpholine rings is 1. The van der Waals surface area contributed by atoms with E-state index >= 15 is 0 Å². The molecule has 0 aliphatic carbocycles. The van der Waals surface area contributed by atoms with Crippen molar-refractivity contribution < 1.29 is 4.74 Å². The lowest BCUT2D eigenvalue weighted by Gasteiger charge is -2.35. The molecule has 2 aliphatic heterocycles. The van der Waals surface area contributed by atoms with E-state index in [0.29, 0.717) is 5.92 Å². The van der Waals surface area contributed by atoms with E-state index in [0.717, 1.165) is 44.4 Å². The number of likely N-dealkylation sites (N-methyl/N-ethyl adjacent to an activating group) is 1. The van der Waals surface area contributed by atoms with E-state index in [1.165, 1.54) is 33.2 Å². The predicted octanol–water partition coefficient (Wildman–Crippen LogP) is 4.91. The molecule has 3 aromatic carbocycles.